The molecule has 0 atom stereocenters. The summed E-state index contributed by atoms with van der Waals surface area (Å²) >= 11 is 0. The fourth-order valence-corrected chi connectivity index (χ4v) is 1.43. The number of aromatic amines is 1. The van der Waals surface area contributed by atoms with Gasteiger partial charge in [-0.1, -0.05) is 30.3 Å². The molecule has 0 unspecified atom stereocenters. The van der Waals surface area contributed by atoms with E-state index in [4.69, 9.17) is 0 Å². The van der Waals surface area contributed by atoms with E-state index in [1.165, 1.54) is 22.5 Å². The topological polar surface area (TPSA) is 15.8 Å². The minimum absolute atomic E-state index is 1.20. The molecule has 1 nitrogen and oxygen atoms in total. The smallest absolute Gasteiger partial charge is 0.0458 e. The monoisotopic (exact) mass is 171 g/mol. The second kappa shape index (κ2) is 3.09. The fourth-order valence-electron chi connectivity index (χ4n) is 1.43. The summed E-state index contributed by atoms with van der Waals surface area (Å²) < 4.78 is 0. The predicted octanol–water partition coefficient (Wildman–Crippen LogP) is 3.30. The van der Waals surface area contributed by atoms with Crippen molar-refractivity contribution in [2.24, 2.45) is 0 Å². The Morgan fingerprint density at radius 2 is 1.69 bits per heavy atom. The summed E-state index contributed by atoms with van der Waals surface area (Å²) in [6.07, 6.45) is 0. The lowest BCUT2D eigenvalue weighted by Gasteiger charge is -1.95. The summed E-state index contributed by atoms with van der Waals surface area (Å²) in [5, 5.41) is 0. The maximum absolute atomic E-state index is 3.36. The number of benzene rings is 1. The highest BCUT2D eigenvalue weighted by atomic mass is 14.7. The van der Waals surface area contributed by atoms with Gasteiger partial charge in [-0.15, -0.1) is 0 Å². The number of hydrogen-bond donors (Lipinski definition) is 1. The van der Waals surface area contributed by atoms with E-state index in [1.54, 1.807) is 0 Å². The van der Waals surface area contributed by atoms with Crippen molar-refractivity contribution < 1.29 is 0 Å². The van der Waals surface area contributed by atoms with Crippen LogP contribution in [0.1, 0.15) is 11.3 Å². The van der Waals surface area contributed by atoms with Gasteiger partial charge >= 0.3 is 0 Å². The van der Waals surface area contributed by atoms with E-state index in [2.05, 4.69) is 49.2 Å². The molecule has 13 heavy (non-hydrogen) atoms. The predicted molar refractivity (Wildman–Crippen MR) is 55.7 cm³/mol. The quantitative estimate of drug-likeness (QED) is 0.677. The number of aromatic nitrogens is 1. The van der Waals surface area contributed by atoms with Gasteiger partial charge in [0.15, 0.2) is 0 Å². The fraction of sp³-hybridized carbons (Fsp3) is 0.167. The van der Waals surface area contributed by atoms with Crippen LogP contribution in [-0.2, 0) is 0 Å². The molecule has 0 saturated carbocycles. The molecular formula is C12H13N. The molecule has 1 aromatic carbocycles. The number of H-pyrrole nitrogens is 1. The van der Waals surface area contributed by atoms with Crippen molar-refractivity contribution in [1.29, 1.82) is 0 Å². The van der Waals surface area contributed by atoms with Gasteiger partial charge < -0.3 is 4.98 Å². The van der Waals surface area contributed by atoms with Crippen molar-refractivity contribution in [3.05, 3.63) is 47.7 Å². The van der Waals surface area contributed by atoms with Crippen molar-refractivity contribution >= 4 is 0 Å². The van der Waals surface area contributed by atoms with Gasteiger partial charge in [0, 0.05) is 11.4 Å². The van der Waals surface area contributed by atoms with Crippen molar-refractivity contribution in [2.75, 3.05) is 0 Å². The van der Waals surface area contributed by atoms with E-state index in [1.807, 2.05) is 6.07 Å². The van der Waals surface area contributed by atoms with E-state index < -0.39 is 0 Å². The van der Waals surface area contributed by atoms with Crippen LogP contribution in [0, 0.1) is 13.8 Å². The van der Waals surface area contributed by atoms with Crippen LogP contribution in [0.5, 0.6) is 0 Å². The minimum atomic E-state index is 1.20. The van der Waals surface area contributed by atoms with Gasteiger partial charge in [0.05, 0.1) is 0 Å². The van der Waals surface area contributed by atoms with Gasteiger partial charge in [-0.2, -0.15) is 0 Å². The van der Waals surface area contributed by atoms with Crippen LogP contribution in [0.15, 0.2) is 36.4 Å². The molecule has 0 fully saturated rings. The van der Waals surface area contributed by atoms with E-state index >= 15 is 0 Å². The average molecular weight is 171 g/mol. The van der Waals surface area contributed by atoms with Crippen molar-refractivity contribution in [3.8, 4) is 11.3 Å². The maximum atomic E-state index is 3.36. The Morgan fingerprint density at radius 1 is 1.00 bits per heavy atom. The Balaban J connectivity index is 2.48. The minimum Gasteiger partial charge on any atom is -0.358 e. The third-order valence-corrected chi connectivity index (χ3v) is 2.36. The first-order valence-electron chi connectivity index (χ1n) is 4.49. The van der Waals surface area contributed by atoms with E-state index in [9.17, 15) is 0 Å². The Labute approximate surface area is 78.4 Å². The largest absolute Gasteiger partial charge is 0.358 e. The second-order valence-corrected chi connectivity index (χ2v) is 3.36. The molecule has 1 heteroatoms. The zero-order chi connectivity index (χ0) is 9.26. The van der Waals surface area contributed by atoms with Gasteiger partial charge in [0.1, 0.15) is 0 Å². The Kier molecular flexibility index (Phi) is 1.93. The lowest BCUT2D eigenvalue weighted by molar-refractivity contribution is 1.23. The zero-order valence-electron chi connectivity index (χ0n) is 7.96. The summed E-state index contributed by atoms with van der Waals surface area (Å²) in [7, 11) is 0. The molecule has 0 aliphatic rings. The number of hydrogen-bond acceptors (Lipinski definition) is 0. The molecule has 2 rings (SSSR count). The third kappa shape index (κ3) is 1.50. The van der Waals surface area contributed by atoms with Crippen LogP contribution in [0.3, 0.4) is 0 Å². The number of nitrogens with one attached hydrogen (secondary N) is 1. The molecule has 0 amide bonds. The highest BCUT2D eigenvalue weighted by molar-refractivity contribution is 5.60. The lowest BCUT2D eigenvalue weighted by Crippen LogP contribution is -1.76. The summed E-state index contributed by atoms with van der Waals surface area (Å²) in [5.74, 6) is 0. The summed E-state index contributed by atoms with van der Waals surface area (Å²) in [4.78, 5) is 3.36. The van der Waals surface area contributed by atoms with Crippen molar-refractivity contribution in [3.63, 3.8) is 0 Å². The first kappa shape index (κ1) is 8.11. The molecule has 1 N–H and O–H groups in total. The van der Waals surface area contributed by atoms with Crippen LogP contribution in [0.2, 0.25) is 0 Å². The molecule has 0 bridgehead atoms. The van der Waals surface area contributed by atoms with Gasteiger partial charge in [-0.05, 0) is 31.0 Å². The highest BCUT2D eigenvalue weighted by Crippen LogP contribution is 2.20. The second-order valence-electron chi connectivity index (χ2n) is 3.36. The average Bonchev–Trinajstić information content (AvgIpc) is 2.49. The van der Waals surface area contributed by atoms with Crippen molar-refractivity contribution in [1.82, 2.24) is 4.98 Å². The van der Waals surface area contributed by atoms with Gasteiger partial charge in [-0.25, -0.2) is 0 Å². The van der Waals surface area contributed by atoms with E-state index in [0.29, 0.717) is 0 Å². The standard InChI is InChI=1S/C12H13N/c1-9-8-12(13-10(9)2)11-6-4-3-5-7-11/h3-8,13H,1-2H3. The van der Waals surface area contributed by atoms with Crippen LogP contribution in [0.25, 0.3) is 11.3 Å². The van der Waals surface area contributed by atoms with E-state index in [-0.39, 0.29) is 0 Å². The molecule has 1 aromatic heterocycles. The van der Waals surface area contributed by atoms with E-state index in [0.717, 1.165) is 0 Å². The molecule has 1 heterocycles. The number of rotatable bonds is 1. The molecule has 0 aliphatic carbocycles. The maximum Gasteiger partial charge on any atom is 0.0458 e. The lowest BCUT2D eigenvalue weighted by atomic mass is 10.1. The third-order valence-electron chi connectivity index (χ3n) is 2.36. The first-order chi connectivity index (χ1) is 6.27. The zero-order valence-corrected chi connectivity index (χ0v) is 7.96. The molecule has 0 radical (unpaired) electrons. The SMILES string of the molecule is Cc1cc(-c2ccccc2)[nH]c1C. The molecule has 0 aliphatic heterocycles. The molecule has 0 saturated heterocycles. The van der Waals surface area contributed by atoms with Crippen LogP contribution < -0.4 is 0 Å². The first-order valence-corrected chi connectivity index (χ1v) is 4.49. The normalized spacial score (nSPS) is 10.3. The van der Waals surface area contributed by atoms with Crippen LogP contribution >= 0.6 is 0 Å². The molecular weight excluding hydrogens is 158 g/mol. The summed E-state index contributed by atoms with van der Waals surface area (Å²) in [6, 6.07) is 12.6. The molecule has 2 aromatic rings. The Morgan fingerprint density at radius 3 is 2.23 bits per heavy atom. The van der Waals surface area contributed by atoms with Gasteiger partial charge in [0.2, 0.25) is 0 Å². The van der Waals surface area contributed by atoms with Crippen molar-refractivity contribution in [2.45, 2.75) is 13.8 Å². The Bertz CT molecular complexity index is 379. The molecule has 66 valence electrons. The highest BCUT2D eigenvalue weighted by Gasteiger charge is 2.01. The molecule has 0 spiro atoms. The van der Waals surface area contributed by atoms with Crippen LogP contribution in [0.4, 0.5) is 0 Å². The van der Waals surface area contributed by atoms with Gasteiger partial charge in [0.25, 0.3) is 0 Å². The summed E-state index contributed by atoms with van der Waals surface area (Å²) in [6.45, 7) is 4.22. The van der Waals surface area contributed by atoms with Gasteiger partial charge in [-0.3, -0.25) is 0 Å². The summed E-state index contributed by atoms with van der Waals surface area (Å²) in [5.41, 5.74) is 5.02. The number of aryl methyl sites for hydroxylation is 2. The van der Waals surface area contributed by atoms with Crippen LogP contribution in [-0.4, -0.2) is 4.98 Å². The Hall–Kier alpha value is -1.50.